The first-order chi connectivity index (χ1) is 12.5. The van der Waals surface area contributed by atoms with Gasteiger partial charge in [0.2, 0.25) is 5.91 Å². The number of nitrogens with zero attached hydrogens (tertiary/aromatic N) is 1. The van der Waals surface area contributed by atoms with Gasteiger partial charge < -0.3 is 16.0 Å². The Kier molecular flexibility index (Phi) is 10.1. The number of benzene rings is 1. The summed E-state index contributed by atoms with van der Waals surface area (Å²) in [7, 11) is 0. The number of piperidine rings is 1. The molecule has 1 aromatic rings. The Hall–Kier alpha value is -1.86. The van der Waals surface area contributed by atoms with Gasteiger partial charge in [-0.2, -0.15) is 0 Å². The Balaban J connectivity index is 0.00000364. The summed E-state index contributed by atoms with van der Waals surface area (Å²) in [6.45, 7) is 7.24. The fraction of sp³-hybridized carbons (Fsp3) is 0.632. The Morgan fingerprint density at radius 1 is 1.33 bits per heavy atom. The molecule has 2 rings (SSSR count). The average Bonchev–Trinajstić information content (AvgIpc) is 2.63. The van der Waals surface area contributed by atoms with Crippen molar-refractivity contribution in [3.8, 4) is 0 Å². The lowest BCUT2D eigenvalue weighted by Crippen LogP contribution is -2.34. The number of rotatable bonds is 9. The monoisotopic (exact) mass is 398 g/mol. The number of nitro benzene ring substituents is 1. The minimum Gasteiger partial charge on any atom is -0.379 e. The highest BCUT2D eigenvalue weighted by Gasteiger charge is 2.21. The van der Waals surface area contributed by atoms with Gasteiger partial charge in [0.05, 0.1) is 4.92 Å². The van der Waals surface area contributed by atoms with Crippen LogP contribution in [0, 0.1) is 28.9 Å². The highest BCUT2D eigenvalue weighted by Crippen LogP contribution is 2.25. The molecule has 0 spiro atoms. The van der Waals surface area contributed by atoms with Gasteiger partial charge >= 0.3 is 0 Å². The zero-order valence-electron chi connectivity index (χ0n) is 16.1. The van der Waals surface area contributed by atoms with Gasteiger partial charge in [-0.3, -0.25) is 14.9 Å². The predicted octanol–water partition coefficient (Wildman–Crippen LogP) is 3.27. The fourth-order valence-electron chi connectivity index (χ4n) is 3.43. The largest absolute Gasteiger partial charge is 0.379 e. The molecule has 1 heterocycles. The van der Waals surface area contributed by atoms with Gasteiger partial charge in [0, 0.05) is 25.6 Å². The molecule has 3 N–H and O–H groups in total. The van der Waals surface area contributed by atoms with Crippen molar-refractivity contribution in [3.63, 3.8) is 0 Å². The first kappa shape index (κ1) is 23.2. The van der Waals surface area contributed by atoms with Crippen molar-refractivity contribution in [3.05, 3.63) is 33.9 Å². The zero-order chi connectivity index (χ0) is 18.9. The topological polar surface area (TPSA) is 96.3 Å². The minimum absolute atomic E-state index is 0. The summed E-state index contributed by atoms with van der Waals surface area (Å²) < 4.78 is 0. The summed E-state index contributed by atoms with van der Waals surface area (Å²) in [4.78, 5) is 22.8. The molecule has 0 saturated carbocycles. The van der Waals surface area contributed by atoms with Crippen LogP contribution in [0.15, 0.2) is 18.2 Å². The van der Waals surface area contributed by atoms with Gasteiger partial charge in [0.15, 0.2) is 0 Å². The van der Waals surface area contributed by atoms with Gasteiger partial charge in [-0.25, -0.2) is 0 Å². The number of nitro groups is 1. The first-order valence-electron chi connectivity index (χ1n) is 9.43. The normalized spacial score (nSPS) is 15.5. The smallest absolute Gasteiger partial charge is 0.292 e. The number of hydrogen-bond acceptors (Lipinski definition) is 5. The second-order valence-electron chi connectivity index (χ2n) is 7.18. The third-order valence-corrected chi connectivity index (χ3v) is 5.04. The maximum atomic E-state index is 12.1. The second-order valence-corrected chi connectivity index (χ2v) is 7.18. The van der Waals surface area contributed by atoms with Crippen LogP contribution in [-0.4, -0.2) is 37.0 Å². The molecule has 8 heteroatoms. The molecule has 1 amide bonds. The summed E-state index contributed by atoms with van der Waals surface area (Å²) in [5.41, 5.74) is 1.47. The summed E-state index contributed by atoms with van der Waals surface area (Å²) in [6, 6.07) is 5.14. The van der Waals surface area contributed by atoms with Gasteiger partial charge in [-0.1, -0.05) is 13.0 Å². The number of aryl methyl sites for hydroxylation is 1. The van der Waals surface area contributed by atoms with Crippen LogP contribution in [0.3, 0.4) is 0 Å². The van der Waals surface area contributed by atoms with Crippen LogP contribution in [0.2, 0.25) is 0 Å². The highest BCUT2D eigenvalue weighted by molar-refractivity contribution is 5.85. The van der Waals surface area contributed by atoms with Crippen molar-refractivity contribution in [1.82, 2.24) is 10.6 Å². The van der Waals surface area contributed by atoms with E-state index in [0.717, 1.165) is 37.9 Å². The van der Waals surface area contributed by atoms with Crippen molar-refractivity contribution in [2.24, 2.45) is 11.8 Å². The Bertz CT molecular complexity index is 621. The van der Waals surface area contributed by atoms with Gasteiger partial charge in [-0.05, 0) is 62.7 Å². The van der Waals surface area contributed by atoms with Crippen molar-refractivity contribution < 1.29 is 9.72 Å². The second kappa shape index (κ2) is 11.8. The van der Waals surface area contributed by atoms with Crippen molar-refractivity contribution in [1.29, 1.82) is 0 Å². The number of amides is 1. The molecule has 1 aliphatic heterocycles. The van der Waals surface area contributed by atoms with Crippen LogP contribution in [0.25, 0.3) is 0 Å². The number of carbonyl (C=O) groups is 1. The van der Waals surface area contributed by atoms with Crippen LogP contribution >= 0.6 is 12.4 Å². The lowest BCUT2D eigenvalue weighted by Gasteiger charge is -2.27. The van der Waals surface area contributed by atoms with E-state index in [4.69, 9.17) is 0 Å². The van der Waals surface area contributed by atoms with E-state index >= 15 is 0 Å². The van der Waals surface area contributed by atoms with Crippen LogP contribution in [0.5, 0.6) is 0 Å². The number of nitrogens with one attached hydrogen (secondary N) is 3. The minimum atomic E-state index is -0.376. The summed E-state index contributed by atoms with van der Waals surface area (Å²) in [5.74, 6) is 1.13. The van der Waals surface area contributed by atoms with Gasteiger partial charge in [-0.15, -0.1) is 12.4 Å². The number of carbonyl (C=O) groups excluding carboxylic acids is 1. The molecule has 1 saturated heterocycles. The lowest BCUT2D eigenvalue weighted by atomic mass is 9.84. The predicted molar refractivity (Wildman–Crippen MR) is 111 cm³/mol. The van der Waals surface area contributed by atoms with E-state index in [2.05, 4.69) is 22.9 Å². The molecule has 7 nitrogen and oxygen atoms in total. The van der Waals surface area contributed by atoms with Gasteiger partial charge in [0.25, 0.3) is 5.69 Å². The maximum absolute atomic E-state index is 12.1. The molecule has 1 aromatic carbocycles. The molecule has 0 aromatic heterocycles. The SMILES string of the molecule is Cc1ccc(NCCCNC(=O)CC(C)C2CCNCC2)c([N+](=O)[O-])c1.Cl. The molecule has 0 radical (unpaired) electrons. The standard InChI is InChI=1S/C19H30N4O3.ClH/c1-14-4-5-17(18(12-14)23(25)26)21-8-3-9-22-19(24)13-15(2)16-6-10-20-11-7-16;/h4-5,12,15-16,20-21H,3,6-11,13H2,1-2H3,(H,22,24);1H. The third-order valence-electron chi connectivity index (χ3n) is 5.04. The van der Waals surface area contributed by atoms with Gasteiger partial charge in [0.1, 0.15) is 5.69 Å². The Morgan fingerprint density at radius 3 is 2.70 bits per heavy atom. The van der Waals surface area contributed by atoms with Crippen LogP contribution in [0.4, 0.5) is 11.4 Å². The summed E-state index contributed by atoms with van der Waals surface area (Å²) in [5, 5.41) is 20.5. The van der Waals surface area contributed by atoms with E-state index < -0.39 is 0 Å². The number of halogens is 1. The third kappa shape index (κ3) is 7.72. The molecule has 27 heavy (non-hydrogen) atoms. The van der Waals surface area contributed by atoms with E-state index in [1.165, 1.54) is 0 Å². The molecular formula is C19H31ClN4O3. The van der Waals surface area contributed by atoms with Crippen molar-refractivity contribution in [2.45, 2.75) is 39.5 Å². The average molecular weight is 399 g/mol. The lowest BCUT2D eigenvalue weighted by molar-refractivity contribution is -0.384. The molecule has 1 aliphatic rings. The van der Waals surface area contributed by atoms with Crippen molar-refractivity contribution >= 4 is 29.7 Å². The number of anilines is 1. The van der Waals surface area contributed by atoms with Crippen LogP contribution in [0.1, 0.15) is 38.2 Å². The first-order valence-corrected chi connectivity index (χ1v) is 9.43. The summed E-state index contributed by atoms with van der Waals surface area (Å²) in [6.07, 6.45) is 3.58. The quantitative estimate of drug-likeness (QED) is 0.337. The van der Waals surface area contributed by atoms with E-state index in [1.807, 2.05) is 13.0 Å². The Labute approximate surface area is 167 Å². The fourth-order valence-corrected chi connectivity index (χ4v) is 3.43. The molecule has 1 unspecified atom stereocenters. The van der Waals surface area contributed by atoms with E-state index in [-0.39, 0.29) is 28.9 Å². The van der Waals surface area contributed by atoms with Crippen molar-refractivity contribution in [2.75, 3.05) is 31.5 Å². The van der Waals surface area contributed by atoms with Crippen LogP contribution in [-0.2, 0) is 4.79 Å². The molecule has 1 fully saturated rings. The molecule has 152 valence electrons. The maximum Gasteiger partial charge on any atom is 0.292 e. The highest BCUT2D eigenvalue weighted by atomic mass is 35.5. The van der Waals surface area contributed by atoms with E-state index in [0.29, 0.717) is 37.0 Å². The number of hydrogen-bond donors (Lipinski definition) is 3. The molecular weight excluding hydrogens is 368 g/mol. The summed E-state index contributed by atoms with van der Waals surface area (Å²) >= 11 is 0. The Morgan fingerprint density at radius 2 is 2.04 bits per heavy atom. The van der Waals surface area contributed by atoms with E-state index in [9.17, 15) is 14.9 Å². The van der Waals surface area contributed by atoms with Crippen LogP contribution < -0.4 is 16.0 Å². The van der Waals surface area contributed by atoms with E-state index in [1.54, 1.807) is 12.1 Å². The zero-order valence-corrected chi connectivity index (χ0v) is 16.9. The molecule has 1 atom stereocenters. The molecule has 0 bridgehead atoms. The molecule has 0 aliphatic carbocycles.